The molecule has 0 fully saturated rings. The molecule has 0 radical (unpaired) electrons. The Morgan fingerprint density at radius 2 is 1.13 bits per heavy atom. The van der Waals surface area contributed by atoms with E-state index in [0.29, 0.717) is 5.56 Å². The molecule has 0 aliphatic rings. The van der Waals surface area contributed by atoms with Crippen molar-refractivity contribution in [3.05, 3.63) is 35.9 Å². The Balaban J connectivity index is 3.28. The van der Waals surface area contributed by atoms with Gasteiger partial charge >= 0.3 is 11.9 Å². The molecule has 0 bridgehead atoms. The number of nitrogens with zero attached hydrogens (tertiary/aromatic N) is 1. The van der Waals surface area contributed by atoms with Crippen LogP contribution in [0.5, 0.6) is 0 Å². The maximum atomic E-state index is 13.6. The summed E-state index contributed by atoms with van der Waals surface area (Å²) >= 11 is 1.27. The number of primary amides is 1. The number of carboxylic acids is 2. The van der Waals surface area contributed by atoms with E-state index in [1.54, 1.807) is 36.6 Å². The SMILES string of the molecule is CSCC[C@H](NC(=O)[C@H](CO)NC(=O)[C@H](CCCN=C(N)N)NC(=O)[C@H](CCC(=O)O)NC(=O)[C@@H](N)CO)C(=O)N[C@@H](CC(N)=O)C(=O)N[C@@H](Cc1ccccc1)C(=O)O. The van der Waals surface area contributed by atoms with Crippen molar-refractivity contribution in [1.29, 1.82) is 0 Å². The van der Waals surface area contributed by atoms with Gasteiger partial charge in [-0.1, -0.05) is 30.3 Å². The minimum absolute atomic E-state index is 0.0264. The number of hydrogen-bond acceptors (Lipinski definition) is 14. The number of amides is 7. The van der Waals surface area contributed by atoms with Crippen LogP contribution in [0.3, 0.4) is 0 Å². The number of carbonyl (C=O) groups excluding carboxylic acids is 7. The fourth-order valence-electron chi connectivity index (χ4n) is 5.19. The summed E-state index contributed by atoms with van der Waals surface area (Å²) in [5, 5.41) is 52.1. The third kappa shape index (κ3) is 20.1. The summed E-state index contributed by atoms with van der Waals surface area (Å²) in [6.45, 7) is -1.86. The zero-order chi connectivity index (χ0) is 45.4. The van der Waals surface area contributed by atoms with Gasteiger partial charge in [0.2, 0.25) is 41.4 Å². The van der Waals surface area contributed by atoms with E-state index in [1.807, 2.05) is 0 Å². The molecular formula is C35H55N11O13S. The lowest BCUT2D eigenvalue weighted by Gasteiger charge is -2.27. The number of carbonyl (C=O) groups is 9. The highest BCUT2D eigenvalue weighted by Crippen LogP contribution is 2.08. The monoisotopic (exact) mass is 869 g/mol. The number of benzene rings is 1. The van der Waals surface area contributed by atoms with Crippen LogP contribution < -0.4 is 54.8 Å². The van der Waals surface area contributed by atoms with Crippen LogP contribution in [-0.4, -0.2) is 154 Å². The first-order chi connectivity index (χ1) is 28.3. The molecule has 0 saturated carbocycles. The summed E-state index contributed by atoms with van der Waals surface area (Å²) in [6.07, 6.45) is -0.461. The van der Waals surface area contributed by atoms with E-state index in [9.17, 15) is 58.5 Å². The second kappa shape index (κ2) is 27.6. The molecule has 0 spiro atoms. The highest BCUT2D eigenvalue weighted by molar-refractivity contribution is 7.98. The largest absolute Gasteiger partial charge is 0.481 e. The van der Waals surface area contributed by atoms with Crippen molar-refractivity contribution >= 4 is 71.0 Å². The molecule has 7 atom stereocenters. The molecule has 60 heavy (non-hydrogen) atoms. The first kappa shape index (κ1) is 52.0. The number of rotatable bonds is 29. The van der Waals surface area contributed by atoms with Crippen LogP contribution in [0.15, 0.2) is 35.3 Å². The first-order valence-corrected chi connectivity index (χ1v) is 19.8. The lowest BCUT2D eigenvalue weighted by molar-refractivity contribution is -0.142. The molecule has 0 saturated heterocycles. The average molecular weight is 870 g/mol. The Kier molecular flexibility index (Phi) is 23.9. The number of thioether (sulfide) groups is 1. The Bertz CT molecular complexity index is 1670. The number of nitrogens with one attached hydrogen (secondary N) is 6. The third-order valence-electron chi connectivity index (χ3n) is 8.39. The molecule has 18 N–H and O–H groups in total. The number of hydrogen-bond donors (Lipinski definition) is 14. The number of carboxylic acid groups (broad SMARTS) is 2. The van der Waals surface area contributed by atoms with Crippen LogP contribution in [0.1, 0.15) is 44.1 Å². The van der Waals surface area contributed by atoms with E-state index in [-0.39, 0.29) is 43.9 Å². The Labute approximate surface area is 348 Å². The third-order valence-corrected chi connectivity index (χ3v) is 9.03. The van der Waals surface area contributed by atoms with Gasteiger partial charge in [0.05, 0.1) is 19.6 Å². The highest BCUT2D eigenvalue weighted by Gasteiger charge is 2.34. The van der Waals surface area contributed by atoms with Crippen LogP contribution in [-0.2, 0) is 49.6 Å². The van der Waals surface area contributed by atoms with Crippen molar-refractivity contribution in [2.24, 2.45) is 27.9 Å². The van der Waals surface area contributed by atoms with Crippen molar-refractivity contribution in [2.45, 2.75) is 87.2 Å². The molecule has 0 heterocycles. The van der Waals surface area contributed by atoms with E-state index in [1.165, 1.54) is 11.8 Å². The van der Waals surface area contributed by atoms with E-state index < -0.39 is 128 Å². The van der Waals surface area contributed by atoms with Crippen molar-refractivity contribution in [3.8, 4) is 0 Å². The summed E-state index contributed by atoms with van der Waals surface area (Å²) in [5.41, 5.74) is 22.1. The summed E-state index contributed by atoms with van der Waals surface area (Å²) in [6, 6.07) is -2.56. The fourth-order valence-corrected chi connectivity index (χ4v) is 5.66. The molecule has 0 aromatic heterocycles. The molecule has 1 rings (SSSR count). The molecule has 7 amide bonds. The summed E-state index contributed by atoms with van der Waals surface area (Å²) < 4.78 is 0. The van der Waals surface area contributed by atoms with Crippen molar-refractivity contribution in [3.63, 3.8) is 0 Å². The zero-order valence-electron chi connectivity index (χ0n) is 32.8. The van der Waals surface area contributed by atoms with Gasteiger partial charge < -0.3 is 75.3 Å². The standard InChI is InChI=1S/C35H55N11O13S/c1-60-13-11-22(31(55)44-23(15-26(37)49)32(56)45-24(34(58)59)14-18-6-3-2-4-7-18)43-33(57)25(17-48)46-29(53)20(8-5-12-40-35(38)39)42-30(54)21(9-10-27(50)51)41-28(52)19(36)16-47/h2-4,6-7,19-25,47-48H,5,8-17,36H2,1H3,(H2,37,49)(H,41,52)(H,42,54)(H,43,57)(H,44,55)(H,45,56)(H,46,53)(H,50,51)(H,58,59)(H4,38,39,40)/t19-,20-,21-,22-,23-,24-,25-/m0/s1. The Hall–Kier alpha value is -6.05. The second-order valence-electron chi connectivity index (χ2n) is 13.2. The first-order valence-electron chi connectivity index (χ1n) is 18.4. The lowest BCUT2D eigenvalue weighted by Crippen LogP contribution is -2.60. The predicted octanol–water partition coefficient (Wildman–Crippen LogP) is -5.92. The molecule has 0 aliphatic heterocycles. The van der Waals surface area contributed by atoms with Crippen LogP contribution in [0.4, 0.5) is 0 Å². The maximum Gasteiger partial charge on any atom is 0.326 e. The second-order valence-corrected chi connectivity index (χ2v) is 14.2. The number of aliphatic carboxylic acids is 2. The topological polar surface area (TPSA) is 423 Å². The van der Waals surface area contributed by atoms with Crippen LogP contribution >= 0.6 is 11.8 Å². The number of aliphatic hydroxyl groups is 2. The Morgan fingerprint density at radius 3 is 1.63 bits per heavy atom. The van der Waals surface area contributed by atoms with Crippen LogP contribution in [0, 0.1) is 0 Å². The van der Waals surface area contributed by atoms with E-state index in [2.05, 4.69) is 36.9 Å². The van der Waals surface area contributed by atoms with Gasteiger partial charge in [-0.25, -0.2) is 4.79 Å². The van der Waals surface area contributed by atoms with Crippen LogP contribution in [0.2, 0.25) is 0 Å². The zero-order valence-corrected chi connectivity index (χ0v) is 33.7. The maximum absolute atomic E-state index is 13.6. The quantitative estimate of drug-likeness (QED) is 0.0202. The van der Waals surface area contributed by atoms with Gasteiger partial charge in [0, 0.05) is 19.4 Å². The van der Waals surface area contributed by atoms with E-state index in [4.69, 9.17) is 28.0 Å². The van der Waals surface area contributed by atoms with Crippen LogP contribution in [0.25, 0.3) is 0 Å². The molecule has 334 valence electrons. The van der Waals surface area contributed by atoms with Gasteiger partial charge in [-0.3, -0.25) is 43.3 Å². The van der Waals surface area contributed by atoms with Crippen molar-refractivity contribution in [2.75, 3.05) is 31.8 Å². The van der Waals surface area contributed by atoms with Crippen molar-refractivity contribution < 1.29 is 63.6 Å². The smallest absolute Gasteiger partial charge is 0.326 e. The molecule has 0 unspecified atom stereocenters. The number of aliphatic hydroxyl groups excluding tert-OH is 2. The van der Waals surface area contributed by atoms with Gasteiger partial charge in [-0.15, -0.1) is 0 Å². The van der Waals surface area contributed by atoms with Crippen molar-refractivity contribution in [1.82, 2.24) is 31.9 Å². The van der Waals surface area contributed by atoms with Gasteiger partial charge in [0.1, 0.15) is 42.3 Å². The minimum atomic E-state index is -1.76. The number of aliphatic imine (C=N–C) groups is 1. The fraction of sp³-hybridized carbons (Fsp3) is 0.543. The van der Waals surface area contributed by atoms with Gasteiger partial charge in [-0.2, -0.15) is 11.8 Å². The van der Waals surface area contributed by atoms with E-state index in [0.717, 1.165) is 0 Å². The normalized spacial score (nSPS) is 14.3. The summed E-state index contributed by atoms with van der Waals surface area (Å²) in [7, 11) is 0. The molecule has 25 heteroatoms. The summed E-state index contributed by atoms with van der Waals surface area (Å²) in [4.78, 5) is 118. The van der Waals surface area contributed by atoms with Gasteiger partial charge in [0.15, 0.2) is 5.96 Å². The van der Waals surface area contributed by atoms with Gasteiger partial charge in [0.25, 0.3) is 0 Å². The number of nitrogens with two attached hydrogens (primary N) is 4. The highest BCUT2D eigenvalue weighted by atomic mass is 32.2. The minimum Gasteiger partial charge on any atom is -0.481 e. The lowest BCUT2D eigenvalue weighted by atomic mass is 10.0. The predicted molar refractivity (Wildman–Crippen MR) is 215 cm³/mol. The van der Waals surface area contributed by atoms with E-state index >= 15 is 0 Å². The Morgan fingerprint density at radius 1 is 0.650 bits per heavy atom. The molecular weight excluding hydrogens is 815 g/mol. The van der Waals surface area contributed by atoms with Gasteiger partial charge in [-0.05, 0) is 43.3 Å². The molecule has 24 nitrogen and oxygen atoms in total. The molecule has 0 aliphatic carbocycles. The summed E-state index contributed by atoms with van der Waals surface area (Å²) in [5.74, 6) is -10.0. The average Bonchev–Trinajstić information content (AvgIpc) is 3.19. The molecule has 1 aromatic rings. The number of guanidine groups is 1. The molecule has 1 aromatic carbocycles.